The summed E-state index contributed by atoms with van der Waals surface area (Å²) in [6.07, 6.45) is 1.73. The SMILES string of the molecule is CCc1ccccc1S(c1ccccc1CC)=P(O)(O)S. The van der Waals surface area contributed by atoms with Gasteiger partial charge in [-0.15, -0.1) is 0 Å². The summed E-state index contributed by atoms with van der Waals surface area (Å²) in [7, 11) is -0.805. The molecule has 0 aliphatic rings. The molecule has 0 amide bonds. The lowest BCUT2D eigenvalue weighted by molar-refractivity contribution is 0.502. The molecule has 0 unspecified atom stereocenters. The molecule has 114 valence electrons. The van der Waals surface area contributed by atoms with Gasteiger partial charge in [-0.05, 0) is 36.1 Å². The van der Waals surface area contributed by atoms with Crippen molar-refractivity contribution in [1.82, 2.24) is 0 Å². The number of aryl methyl sites for hydroxylation is 2. The van der Waals surface area contributed by atoms with E-state index < -0.39 is 15.8 Å². The minimum atomic E-state index is -3.33. The Labute approximate surface area is 134 Å². The Bertz CT molecular complexity index is 634. The van der Waals surface area contributed by atoms with Gasteiger partial charge in [-0.3, -0.25) is 0 Å². The highest BCUT2D eigenvalue weighted by molar-refractivity contribution is 8.65. The maximum Gasteiger partial charge on any atom is 0.207 e. The maximum atomic E-state index is 10.4. The predicted molar refractivity (Wildman–Crippen MR) is 95.9 cm³/mol. The molecule has 0 aromatic heterocycles. The van der Waals surface area contributed by atoms with Crippen molar-refractivity contribution in [2.45, 2.75) is 36.5 Å². The van der Waals surface area contributed by atoms with Gasteiger partial charge in [0.2, 0.25) is 5.69 Å². The van der Waals surface area contributed by atoms with E-state index in [1.807, 2.05) is 48.5 Å². The van der Waals surface area contributed by atoms with E-state index in [1.54, 1.807) is 0 Å². The molecule has 0 fully saturated rings. The van der Waals surface area contributed by atoms with E-state index in [4.69, 9.17) is 0 Å². The van der Waals surface area contributed by atoms with Gasteiger partial charge in [-0.2, -0.15) is 0 Å². The van der Waals surface area contributed by atoms with Gasteiger partial charge in [-0.25, -0.2) is 0 Å². The molecule has 0 bridgehead atoms. The molecule has 0 radical (unpaired) electrons. The predicted octanol–water partition coefficient (Wildman–Crippen LogP) is 4.44. The lowest BCUT2D eigenvalue weighted by Crippen LogP contribution is -2.02. The largest absolute Gasteiger partial charge is 0.341 e. The Morgan fingerprint density at radius 2 is 1.24 bits per heavy atom. The van der Waals surface area contributed by atoms with E-state index in [0.717, 1.165) is 33.8 Å². The highest BCUT2D eigenvalue weighted by Crippen LogP contribution is 2.52. The fourth-order valence-corrected chi connectivity index (χ4v) is 8.69. The Balaban J connectivity index is 2.79. The Kier molecular flexibility index (Phi) is 5.75. The first-order chi connectivity index (χ1) is 9.99. The second-order valence-corrected chi connectivity index (χ2v) is 12.3. The molecule has 2 aromatic carbocycles. The third-order valence-electron chi connectivity index (χ3n) is 3.37. The zero-order valence-electron chi connectivity index (χ0n) is 12.2. The number of rotatable bonds is 4. The summed E-state index contributed by atoms with van der Waals surface area (Å²) >= 11 is 4.18. The second-order valence-electron chi connectivity index (χ2n) is 4.72. The van der Waals surface area contributed by atoms with Gasteiger partial charge in [0.05, 0.1) is 0 Å². The Morgan fingerprint density at radius 1 is 0.857 bits per heavy atom. The molecular weight excluding hydrogens is 319 g/mol. The van der Waals surface area contributed by atoms with Gasteiger partial charge in [0, 0.05) is 9.79 Å². The molecule has 5 heteroatoms. The van der Waals surface area contributed by atoms with Crippen LogP contribution in [0.5, 0.6) is 0 Å². The second kappa shape index (κ2) is 7.17. The van der Waals surface area contributed by atoms with Crippen molar-refractivity contribution < 1.29 is 9.79 Å². The number of benzene rings is 2. The van der Waals surface area contributed by atoms with Crippen LogP contribution in [-0.2, 0) is 22.9 Å². The van der Waals surface area contributed by atoms with Crippen LogP contribution in [0.25, 0.3) is 0 Å². The summed E-state index contributed by atoms with van der Waals surface area (Å²) in [6.45, 7) is 4.17. The fourth-order valence-electron chi connectivity index (χ4n) is 2.35. The molecule has 2 aromatic rings. The smallest absolute Gasteiger partial charge is 0.207 e. The van der Waals surface area contributed by atoms with Crippen molar-refractivity contribution in [2.24, 2.45) is 0 Å². The Hall–Kier alpha value is -0.510. The summed E-state index contributed by atoms with van der Waals surface area (Å²) in [5.74, 6) is 0. The van der Waals surface area contributed by atoms with Crippen LogP contribution in [-0.4, -0.2) is 9.79 Å². The van der Waals surface area contributed by atoms with Crippen molar-refractivity contribution in [3.63, 3.8) is 0 Å². The van der Waals surface area contributed by atoms with Crippen LogP contribution >= 0.6 is 17.9 Å². The van der Waals surface area contributed by atoms with Gasteiger partial charge in [0.1, 0.15) is 0 Å². The summed E-state index contributed by atoms with van der Waals surface area (Å²) in [6, 6.07) is 16.0. The average Bonchev–Trinajstić information content (AvgIpc) is 2.47. The molecule has 0 spiro atoms. The number of thiol groups is 1. The van der Waals surface area contributed by atoms with Crippen molar-refractivity contribution >= 4 is 28.0 Å². The Morgan fingerprint density at radius 3 is 1.57 bits per heavy atom. The van der Waals surface area contributed by atoms with Gasteiger partial charge in [0.25, 0.3) is 0 Å². The first-order valence-electron chi connectivity index (χ1n) is 6.97. The first-order valence-corrected chi connectivity index (χ1v) is 11.6. The summed E-state index contributed by atoms with van der Waals surface area (Å²) < 4.78 is 0. The van der Waals surface area contributed by atoms with E-state index in [9.17, 15) is 9.79 Å². The van der Waals surface area contributed by atoms with Crippen molar-refractivity contribution in [2.75, 3.05) is 0 Å². The van der Waals surface area contributed by atoms with E-state index in [-0.39, 0.29) is 0 Å². The van der Waals surface area contributed by atoms with E-state index >= 15 is 0 Å². The minimum absolute atomic E-state index is 0.805. The van der Waals surface area contributed by atoms with E-state index in [2.05, 4.69) is 26.1 Å². The molecule has 2 rings (SSSR count). The molecule has 2 N–H and O–H groups in total. The van der Waals surface area contributed by atoms with E-state index in [0.29, 0.717) is 0 Å². The van der Waals surface area contributed by atoms with Crippen molar-refractivity contribution in [3.8, 4) is 0 Å². The molecule has 0 heterocycles. The standard InChI is InChI=1S/C16H21O2PS2/c1-3-13-9-5-7-11-15(13)21(19(17,18)20)16-12-8-6-10-14(16)4-2/h5-12,17-18,20H,3-4H2,1-2H3. The van der Waals surface area contributed by atoms with E-state index in [1.165, 1.54) is 0 Å². The van der Waals surface area contributed by atoms with Crippen LogP contribution in [0.4, 0.5) is 0 Å². The van der Waals surface area contributed by atoms with Gasteiger partial charge in [0.15, 0.2) is 0 Å². The molecule has 2 nitrogen and oxygen atoms in total. The van der Waals surface area contributed by atoms with Crippen LogP contribution in [0.1, 0.15) is 25.0 Å². The summed E-state index contributed by atoms with van der Waals surface area (Å²) in [5.41, 5.74) is -1.03. The van der Waals surface area contributed by atoms with Gasteiger partial charge < -0.3 is 9.79 Å². The lowest BCUT2D eigenvalue weighted by atomic mass is 10.2. The van der Waals surface area contributed by atoms with Crippen LogP contribution < -0.4 is 0 Å². The fraction of sp³-hybridized carbons (Fsp3) is 0.250. The molecule has 21 heavy (non-hydrogen) atoms. The maximum absolute atomic E-state index is 10.4. The molecule has 0 atom stereocenters. The normalized spacial score (nSPS) is 11.9. The van der Waals surface area contributed by atoms with Gasteiger partial charge in [-0.1, -0.05) is 72.6 Å². The monoisotopic (exact) mass is 340 g/mol. The number of hydrogen-bond acceptors (Lipinski definition) is 0. The zero-order valence-corrected chi connectivity index (χ0v) is 14.8. The first kappa shape index (κ1) is 16.9. The minimum Gasteiger partial charge on any atom is -0.341 e. The van der Waals surface area contributed by atoms with Crippen molar-refractivity contribution in [1.29, 1.82) is 0 Å². The third-order valence-corrected chi connectivity index (χ3v) is 9.61. The topological polar surface area (TPSA) is 40.5 Å². The number of hydrogen-bond donors (Lipinski definition) is 3. The highest BCUT2D eigenvalue weighted by Gasteiger charge is 2.19. The molecule has 0 aliphatic heterocycles. The molecule has 0 aliphatic carbocycles. The molecule has 0 saturated heterocycles. The van der Waals surface area contributed by atoms with Crippen LogP contribution in [0.15, 0.2) is 58.3 Å². The van der Waals surface area contributed by atoms with Crippen molar-refractivity contribution in [3.05, 3.63) is 59.7 Å². The highest BCUT2D eigenvalue weighted by atomic mass is 32.9. The van der Waals surface area contributed by atoms with Crippen LogP contribution in [0.3, 0.4) is 0 Å². The zero-order chi connectivity index (χ0) is 15.5. The quantitative estimate of drug-likeness (QED) is 0.569. The summed E-state index contributed by atoms with van der Waals surface area (Å²) in [5, 5.41) is 0. The molecular formula is C16H21O2PS2. The third kappa shape index (κ3) is 3.82. The van der Waals surface area contributed by atoms with Gasteiger partial charge >= 0.3 is 0 Å². The molecule has 0 saturated carbocycles. The van der Waals surface area contributed by atoms with Crippen LogP contribution in [0.2, 0.25) is 0 Å². The average molecular weight is 340 g/mol. The summed E-state index contributed by atoms with van der Waals surface area (Å²) in [4.78, 5) is 22.7. The lowest BCUT2D eigenvalue weighted by Gasteiger charge is -2.21. The van der Waals surface area contributed by atoms with Crippen LogP contribution in [0, 0.1) is 0 Å².